The predicted octanol–water partition coefficient (Wildman–Crippen LogP) is 1.04. The second kappa shape index (κ2) is 6.33. The molecule has 1 rings (SSSR count). The molecule has 0 radical (unpaired) electrons. The molecule has 0 aromatic heterocycles. The van der Waals surface area contributed by atoms with Gasteiger partial charge in [-0.3, -0.25) is 4.79 Å². The van der Waals surface area contributed by atoms with Gasteiger partial charge < -0.3 is 15.7 Å². The summed E-state index contributed by atoms with van der Waals surface area (Å²) in [6.07, 6.45) is 0.604. The van der Waals surface area contributed by atoms with E-state index in [1.165, 1.54) is 0 Å². The van der Waals surface area contributed by atoms with Gasteiger partial charge in [0.1, 0.15) is 0 Å². The standard InChI is InChI=1S/C14H20N2O3/c1-14(2,15-3)13(19)16-8-7-10-5-4-6-11(9-10)12(17)18/h4-6,9,15H,7-8H2,1-3H3,(H,16,19)(H,17,18). The van der Waals surface area contributed by atoms with Gasteiger partial charge in [0.2, 0.25) is 5.91 Å². The first-order valence-corrected chi connectivity index (χ1v) is 6.16. The van der Waals surface area contributed by atoms with Crippen LogP contribution in [0.15, 0.2) is 24.3 Å². The minimum atomic E-state index is -0.942. The summed E-state index contributed by atoms with van der Waals surface area (Å²) in [5.41, 5.74) is 0.546. The fraction of sp³-hybridized carbons (Fsp3) is 0.429. The number of hydrogen-bond donors (Lipinski definition) is 3. The summed E-state index contributed by atoms with van der Waals surface area (Å²) in [4.78, 5) is 22.6. The van der Waals surface area contributed by atoms with Crippen LogP contribution in [0.1, 0.15) is 29.8 Å². The van der Waals surface area contributed by atoms with E-state index in [0.29, 0.717) is 13.0 Å². The summed E-state index contributed by atoms with van der Waals surface area (Å²) in [6.45, 7) is 4.08. The van der Waals surface area contributed by atoms with Crippen LogP contribution in [-0.4, -0.2) is 36.1 Å². The largest absolute Gasteiger partial charge is 0.478 e. The van der Waals surface area contributed by atoms with Gasteiger partial charge in [0.05, 0.1) is 11.1 Å². The van der Waals surface area contributed by atoms with E-state index in [4.69, 9.17) is 5.11 Å². The highest BCUT2D eigenvalue weighted by molar-refractivity contribution is 5.87. The highest BCUT2D eigenvalue weighted by Crippen LogP contribution is 2.06. The molecule has 0 bridgehead atoms. The van der Waals surface area contributed by atoms with Crippen LogP contribution in [0.5, 0.6) is 0 Å². The molecular weight excluding hydrogens is 244 g/mol. The molecule has 3 N–H and O–H groups in total. The molecule has 0 saturated heterocycles. The van der Waals surface area contributed by atoms with Crippen LogP contribution >= 0.6 is 0 Å². The van der Waals surface area contributed by atoms with E-state index in [9.17, 15) is 9.59 Å². The fourth-order valence-corrected chi connectivity index (χ4v) is 1.51. The molecule has 0 heterocycles. The van der Waals surface area contributed by atoms with E-state index in [-0.39, 0.29) is 11.5 Å². The van der Waals surface area contributed by atoms with Gasteiger partial charge in [0.25, 0.3) is 0 Å². The summed E-state index contributed by atoms with van der Waals surface area (Å²) in [5, 5.41) is 14.6. The number of amides is 1. The highest BCUT2D eigenvalue weighted by atomic mass is 16.4. The number of nitrogens with one attached hydrogen (secondary N) is 2. The molecular formula is C14H20N2O3. The van der Waals surface area contributed by atoms with Gasteiger partial charge >= 0.3 is 5.97 Å². The Morgan fingerprint density at radius 2 is 2.00 bits per heavy atom. The molecule has 0 aliphatic carbocycles. The van der Waals surface area contributed by atoms with Crippen LogP contribution in [0.25, 0.3) is 0 Å². The number of carbonyl (C=O) groups is 2. The molecule has 5 heteroatoms. The van der Waals surface area contributed by atoms with Crippen molar-refractivity contribution in [3.8, 4) is 0 Å². The lowest BCUT2D eigenvalue weighted by atomic mass is 10.0. The average molecular weight is 264 g/mol. The topological polar surface area (TPSA) is 78.4 Å². The van der Waals surface area contributed by atoms with Crippen LogP contribution < -0.4 is 10.6 Å². The van der Waals surface area contributed by atoms with Gasteiger partial charge in [-0.2, -0.15) is 0 Å². The Morgan fingerprint density at radius 1 is 1.32 bits per heavy atom. The number of hydrogen-bond acceptors (Lipinski definition) is 3. The lowest BCUT2D eigenvalue weighted by Crippen LogP contribution is -2.51. The lowest BCUT2D eigenvalue weighted by Gasteiger charge is -2.22. The Morgan fingerprint density at radius 3 is 2.58 bits per heavy atom. The summed E-state index contributed by atoms with van der Waals surface area (Å²) >= 11 is 0. The molecule has 0 aliphatic heterocycles. The van der Waals surface area contributed by atoms with Crippen molar-refractivity contribution in [2.75, 3.05) is 13.6 Å². The van der Waals surface area contributed by atoms with E-state index < -0.39 is 11.5 Å². The van der Waals surface area contributed by atoms with Crippen molar-refractivity contribution in [3.63, 3.8) is 0 Å². The van der Waals surface area contributed by atoms with E-state index in [1.54, 1.807) is 39.1 Å². The third-order valence-electron chi connectivity index (χ3n) is 3.07. The maximum absolute atomic E-state index is 11.8. The van der Waals surface area contributed by atoms with Crippen LogP contribution in [0.4, 0.5) is 0 Å². The van der Waals surface area contributed by atoms with E-state index in [2.05, 4.69) is 10.6 Å². The van der Waals surface area contributed by atoms with Gasteiger partial charge in [0, 0.05) is 6.54 Å². The van der Waals surface area contributed by atoms with Crippen LogP contribution in [0.2, 0.25) is 0 Å². The van der Waals surface area contributed by atoms with Gasteiger partial charge in [-0.25, -0.2) is 4.79 Å². The summed E-state index contributed by atoms with van der Waals surface area (Å²) in [6, 6.07) is 6.73. The summed E-state index contributed by atoms with van der Waals surface area (Å²) in [7, 11) is 1.73. The number of carboxylic acid groups (broad SMARTS) is 1. The Balaban J connectivity index is 2.52. The molecule has 0 spiro atoms. The van der Waals surface area contributed by atoms with Crippen molar-refractivity contribution in [1.82, 2.24) is 10.6 Å². The van der Waals surface area contributed by atoms with Gasteiger partial charge in [-0.15, -0.1) is 0 Å². The molecule has 1 aromatic rings. The number of aromatic carboxylic acids is 1. The molecule has 0 saturated carbocycles. The molecule has 0 fully saturated rings. The monoisotopic (exact) mass is 264 g/mol. The summed E-state index contributed by atoms with van der Waals surface area (Å²) in [5.74, 6) is -1.02. The maximum Gasteiger partial charge on any atom is 0.335 e. The number of benzene rings is 1. The second-order valence-corrected chi connectivity index (χ2v) is 4.89. The van der Waals surface area contributed by atoms with E-state index in [1.807, 2.05) is 6.07 Å². The van der Waals surface area contributed by atoms with Crippen molar-refractivity contribution in [1.29, 1.82) is 0 Å². The van der Waals surface area contributed by atoms with E-state index in [0.717, 1.165) is 5.56 Å². The fourth-order valence-electron chi connectivity index (χ4n) is 1.51. The molecule has 1 aromatic carbocycles. The Hall–Kier alpha value is -1.88. The molecule has 0 aliphatic rings. The van der Waals surface area contributed by atoms with Gasteiger partial charge in [-0.05, 0) is 45.0 Å². The SMILES string of the molecule is CNC(C)(C)C(=O)NCCc1cccc(C(=O)O)c1. The molecule has 5 nitrogen and oxygen atoms in total. The second-order valence-electron chi connectivity index (χ2n) is 4.89. The first-order valence-electron chi connectivity index (χ1n) is 6.16. The molecule has 19 heavy (non-hydrogen) atoms. The maximum atomic E-state index is 11.8. The Kier molecular flexibility index (Phi) is 5.06. The minimum absolute atomic E-state index is 0.0793. The predicted molar refractivity (Wildman–Crippen MR) is 73.3 cm³/mol. The minimum Gasteiger partial charge on any atom is -0.478 e. The third kappa shape index (κ3) is 4.37. The summed E-state index contributed by atoms with van der Waals surface area (Å²) < 4.78 is 0. The molecule has 0 atom stereocenters. The van der Waals surface area contributed by atoms with Crippen LogP contribution in [0, 0.1) is 0 Å². The number of rotatable bonds is 6. The Bertz CT molecular complexity index is 470. The van der Waals surface area contributed by atoms with E-state index >= 15 is 0 Å². The average Bonchev–Trinajstić information content (AvgIpc) is 2.38. The van der Waals surface area contributed by atoms with Crippen LogP contribution in [-0.2, 0) is 11.2 Å². The normalized spacial score (nSPS) is 11.1. The van der Waals surface area contributed by atoms with Crippen LogP contribution in [0.3, 0.4) is 0 Å². The number of carbonyl (C=O) groups excluding carboxylic acids is 1. The zero-order chi connectivity index (χ0) is 14.5. The first-order chi connectivity index (χ1) is 8.86. The Labute approximate surface area is 113 Å². The van der Waals surface area contributed by atoms with Gasteiger partial charge in [0.15, 0.2) is 0 Å². The first kappa shape index (κ1) is 15.2. The zero-order valence-corrected chi connectivity index (χ0v) is 11.5. The van der Waals surface area contributed by atoms with Crippen molar-refractivity contribution in [3.05, 3.63) is 35.4 Å². The molecule has 0 unspecified atom stereocenters. The molecule has 104 valence electrons. The van der Waals surface area contributed by atoms with Crippen molar-refractivity contribution < 1.29 is 14.7 Å². The highest BCUT2D eigenvalue weighted by Gasteiger charge is 2.24. The van der Waals surface area contributed by atoms with Gasteiger partial charge in [-0.1, -0.05) is 12.1 Å². The third-order valence-corrected chi connectivity index (χ3v) is 3.07. The number of carboxylic acids is 1. The smallest absolute Gasteiger partial charge is 0.335 e. The molecule has 1 amide bonds. The number of likely N-dealkylation sites (N-methyl/N-ethyl adjacent to an activating group) is 1. The van der Waals surface area contributed by atoms with Crippen molar-refractivity contribution in [2.24, 2.45) is 0 Å². The lowest BCUT2D eigenvalue weighted by molar-refractivity contribution is -0.126. The zero-order valence-electron chi connectivity index (χ0n) is 11.5. The van der Waals surface area contributed by atoms with Crippen molar-refractivity contribution in [2.45, 2.75) is 25.8 Å². The van der Waals surface area contributed by atoms with Crippen molar-refractivity contribution >= 4 is 11.9 Å². The quantitative estimate of drug-likeness (QED) is 0.717.